The Balaban J connectivity index is 3.06. The number of carbonyl (C=O) groups excluding carboxylic acids is 1. The fourth-order valence-corrected chi connectivity index (χ4v) is 9.46. The second-order valence-electron chi connectivity index (χ2n) is 19.7. The van der Waals surface area contributed by atoms with E-state index in [2.05, 4.69) is 6.92 Å². The van der Waals surface area contributed by atoms with Crippen molar-refractivity contribution < 1.29 is 9.53 Å². The fraction of sp³-hybridized carbons (Fsp3) is 0.982. The summed E-state index contributed by atoms with van der Waals surface area (Å²) in [5, 5.41) is 0. The van der Waals surface area contributed by atoms with Crippen molar-refractivity contribution in [3.8, 4) is 0 Å². The van der Waals surface area contributed by atoms with Crippen LogP contribution in [0.4, 0.5) is 0 Å². The molecule has 0 aliphatic carbocycles. The normalized spacial score (nSPS) is 11.6. The van der Waals surface area contributed by atoms with E-state index in [1.165, 1.54) is 341 Å². The summed E-state index contributed by atoms with van der Waals surface area (Å²) in [5.74, 6) is -0.0577. The zero-order chi connectivity index (χ0) is 42.5. The number of hydrogen-bond acceptors (Lipinski definition) is 2. The summed E-state index contributed by atoms with van der Waals surface area (Å²) in [6, 6.07) is 0. The summed E-state index contributed by atoms with van der Waals surface area (Å²) in [5.41, 5.74) is 0. The molecule has 0 atom stereocenters. The Kier molecular flexibility index (Phi) is 55.0. The number of carbonyl (C=O) groups is 1. The predicted molar refractivity (Wildman–Crippen MR) is 267 cm³/mol. The number of unbranched alkanes of at least 4 members (excludes halogenated alkanes) is 52. The molecule has 0 heterocycles. The van der Waals surface area contributed by atoms with Crippen LogP contribution in [0.2, 0.25) is 0 Å². The summed E-state index contributed by atoms with van der Waals surface area (Å²) in [6.45, 7) is 2.31. The Bertz CT molecular complexity index is 732. The van der Waals surface area contributed by atoms with Crippen molar-refractivity contribution in [2.75, 3.05) is 7.11 Å². The SMILES string of the molecule is CCCCCCCCCCCCCCCCCCCCCCCCCCCCCCCCCCCCCCCCCCCCCCCCCCCCCCCC(=O)OC. The van der Waals surface area contributed by atoms with Crippen LogP contribution >= 0.6 is 0 Å². The lowest BCUT2D eigenvalue weighted by atomic mass is 10.0. The standard InChI is InChI=1S/C57H114O2/c1-3-4-5-6-7-8-9-10-11-12-13-14-15-16-17-18-19-20-21-22-23-24-25-26-27-28-29-30-31-32-33-34-35-36-37-38-39-40-41-42-43-44-45-46-47-48-49-50-51-52-53-54-55-56-57(58)59-2/h3-56H2,1-2H3. The number of methoxy groups -OCH3 is 1. The molecule has 0 saturated carbocycles. The summed E-state index contributed by atoms with van der Waals surface area (Å²) in [4.78, 5) is 11.1. The zero-order valence-corrected chi connectivity index (χ0v) is 41.5. The highest BCUT2D eigenvalue weighted by molar-refractivity contribution is 5.68. The van der Waals surface area contributed by atoms with Crippen LogP contribution in [0.1, 0.15) is 354 Å². The number of hydrogen-bond donors (Lipinski definition) is 0. The molecule has 0 unspecified atom stereocenters. The van der Waals surface area contributed by atoms with Crippen molar-refractivity contribution in [3.05, 3.63) is 0 Å². The van der Waals surface area contributed by atoms with Crippen LogP contribution in [0, 0.1) is 0 Å². The molecule has 0 saturated heterocycles. The quantitative estimate of drug-likeness (QED) is 0.0451. The van der Waals surface area contributed by atoms with Gasteiger partial charge in [0.1, 0.15) is 0 Å². The minimum Gasteiger partial charge on any atom is -0.469 e. The van der Waals surface area contributed by atoms with E-state index < -0.39 is 0 Å². The smallest absolute Gasteiger partial charge is 0.305 e. The molecule has 0 rings (SSSR count). The molecule has 0 radical (unpaired) electrons. The molecule has 0 fully saturated rings. The van der Waals surface area contributed by atoms with E-state index >= 15 is 0 Å². The van der Waals surface area contributed by atoms with E-state index in [1.54, 1.807) is 0 Å². The molecular formula is C57H114O2. The van der Waals surface area contributed by atoms with Crippen LogP contribution in [0.25, 0.3) is 0 Å². The molecule has 0 N–H and O–H groups in total. The molecule has 0 amide bonds. The topological polar surface area (TPSA) is 26.3 Å². The second-order valence-corrected chi connectivity index (χ2v) is 19.7. The van der Waals surface area contributed by atoms with Crippen LogP contribution in [-0.2, 0) is 9.53 Å². The van der Waals surface area contributed by atoms with Crippen molar-refractivity contribution >= 4 is 5.97 Å². The van der Waals surface area contributed by atoms with Crippen LogP contribution in [0.15, 0.2) is 0 Å². The van der Waals surface area contributed by atoms with Gasteiger partial charge in [0.15, 0.2) is 0 Å². The van der Waals surface area contributed by atoms with Gasteiger partial charge in [-0.1, -0.05) is 341 Å². The van der Waals surface area contributed by atoms with Gasteiger partial charge in [-0.2, -0.15) is 0 Å². The minimum absolute atomic E-state index is 0.0577. The maximum atomic E-state index is 11.1. The third-order valence-corrected chi connectivity index (χ3v) is 13.7. The largest absolute Gasteiger partial charge is 0.469 e. The Morgan fingerprint density at radius 3 is 0.458 bits per heavy atom. The van der Waals surface area contributed by atoms with Gasteiger partial charge in [0.25, 0.3) is 0 Å². The maximum Gasteiger partial charge on any atom is 0.305 e. The molecular weight excluding hydrogens is 717 g/mol. The molecule has 0 spiro atoms. The van der Waals surface area contributed by atoms with Crippen LogP contribution in [0.5, 0.6) is 0 Å². The number of ether oxygens (including phenoxy) is 1. The van der Waals surface area contributed by atoms with Crippen molar-refractivity contribution in [2.24, 2.45) is 0 Å². The monoisotopic (exact) mass is 831 g/mol. The Hall–Kier alpha value is -0.530. The van der Waals surface area contributed by atoms with Gasteiger partial charge in [0.2, 0.25) is 0 Å². The highest BCUT2D eigenvalue weighted by Gasteiger charge is 2.01. The lowest BCUT2D eigenvalue weighted by molar-refractivity contribution is -0.140. The Morgan fingerprint density at radius 1 is 0.220 bits per heavy atom. The second kappa shape index (κ2) is 55.5. The van der Waals surface area contributed by atoms with Crippen LogP contribution < -0.4 is 0 Å². The summed E-state index contributed by atoms with van der Waals surface area (Å²) in [6.07, 6.45) is 77.6. The van der Waals surface area contributed by atoms with E-state index in [0.717, 1.165) is 6.42 Å². The molecule has 0 aromatic carbocycles. The summed E-state index contributed by atoms with van der Waals surface area (Å²) in [7, 11) is 1.48. The van der Waals surface area contributed by atoms with E-state index in [1.807, 2.05) is 0 Å². The molecule has 0 aromatic rings. The average molecular weight is 832 g/mol. The molecule has 2 nitrogen and oxygen atoms in total. The van der Waals surface area contributed by atoms with Gasteiger partial charge in [0, 0.05) is 6.42 Å². The molecule has 0 bridgehead atoms. The van der Waals surface area contributed by atoms with Gasteiger partial charge in [0.05, 0.1) is 7.11 Å². The molecule has 2 heteroatoms. The average Bonchev–Trinajstić information content (AvgIpc) is 3.25. The van der Waals surface area contributed by atoms with E-state index in [4.69, 9.17) is 4.74 Å². The molecule has 0 aliphatic heterocycles. The van der Waals surface area contributed by atoms with Crippen molar-refractivity contribution in [1.82, 2.24) is 0 Å². The number of rotatable bonds is 54. The third-order valence-electron chi connectivity index (χ3n) is 13.7. The van der Waals surface area contributed by atoms with Gasteiger partial charge in [-0.15, -0.1) is 0 Å². The highest BCUT2D eigenvalue weighted by atomic mass is 16.5. The highest BCUT2D eigenvalue weighted by Crippen LogP contribution is 2.19. The molecule has 0 aliphatic rings. The van der Waals surface area contributed by atoms with Crippen LogP contribution in [0.3, 0.4) is 0 Å². The lowest BCUT2D eigenvalue weighted by Crippen LogP contribution is -1.99. The molecule has 0 aromatic heterocycles. The van der Waals surface area contributed by atoms with Gasteiger partial charge < -0.3 is 4.74 Å². The Labute approximate surface area is 374 Å². The summed E-state index contributed by atoms with van der Waals surface area (Å²) < 4.78 is 4.70. The van der Waals surface area contributed by atoms with Crippen molar-refractivity contribution in [3.63, 3.8) is 0 Å². The van der Waals surface area contributed by atoms with Gasteiger partial charge in [-0.05, 0) is 6.42 Å². The van der Waals surface area contributed by atoms with Crippen molar-refractivity contribution in [1.29, 1.82) is 0 Å². The Morgan fingerprint density at radius 2 is 0.339 bits per heavy atom. The van der Waals surface area contributed by atoms with Gasteiger partial charge in [-0.3, -0.25) is 4.79 Å². The molecule has 59 heavy (non-hydrogen) atoms. The first-order chi connectivity index (χ1) is 29.3. The van der Waals surface area contributed by atoms with E-state index in [0.29, 0.717) is 6.42 Å². The van der Waals surface area contributed by atoms with E-state index in [9.17, 15) is 4.79 Å². The first kappa shape index (κ1) is 58.5. The summed E-state index contributed by atoms with van der Waals surface area (Å²) >= 11 is 0. The first-order valence-electron chi connectivity index (χ1n) is 28.4. The van der Waals surface area contributed by atoms with Crippen molar-refractivity contribution in [2.45, 2.75) is 354 Å². The van der Waals surface area contributed by atoms with Gasteiger partial charge >= 0.3 is 5.97 Å². The lowest BCUT2D eigenvalue weighted by Gasteiger charge is -2.05. The maximum absolute atomic E-state index is 11.1. The number of esters is 1. The zero-order valence-electron chi connectivity index (χ0n) is 41.5. The molecule has 354 valence electrons. The van der Waals surface area contributed by atoms with Crippen LogP contribution in [-0.4, -0.2) is 13.1 Å². The fourth-order valence-electron chi connectivity index (χ4n) is 9.46. The van der Waals surface area contributed by atoms with E-state index in [-0.39, 0.29) is 5.97 Å². The van der Waals surface area contributed by atoms with Gasteiger partial charge in [-0.25, -0.2) is 0 Å². The minimum atomic E-state index is -0.0577. The predicted octanol–water partition coefficient (Wildman–Crippen LogP) is 21.2. The first-order valence-corrected chi connectivity index (χ1v) is 28.4. The third kappa shape index (κ3) is 55.5.